The molecule has 0 bridgehead atoms. The highest BCUT2D eigenvalue weighted by Gasteiger charge is 2.34. The largest absolute Gasteiger partial charge is 0.490 e. The summed E-state index contributed by atoms with van der Waals surface area (Å²) in [6.07, 6.45) is 3.50. The molecule has 0 radical (unpaired) electrons. The van der Waals surface area contributed by atoms with Crippen LogP contribution in [0.3, 0.4) is 0 Å². The summed E-state index contributed by atoms with van der Waals surface area (Å²) in [6.45, 7) is 3.77. The van der Waals surface area contributed by atoms with Gasteiger partial charge in [-0.15, -0.1) is 0 Å². The molecule has 116 valence electrons. The number of ether oxygens (including phenoxy) is 2. The fourth-order valence-corrected chi connectivity index (χ4v) is 3.84. The van der Waals surface area contributed by atoms with Gasteiger partial charge in [0.2, 0.25) is 0 Å². The first-order chi connectivity index (χ1) is 10.2. The van der Waals surface area contributed by atoms with Gasteiger partial charge in [-0.3, -0.25) is 0 Å². The van der Waals surface area contributed by atoms with E-state index in [1.807, 2.05) is 12.1 Å². The smallest absolute Gasteiger partial charge is 0.122 e. The molecule has 2 heterocycles. The summed E-state index contributed by atoms with van der Waals surface area (Å²) in [5.41, 5.74) is 0. The Kier molecular flexibility index (Phi) is 5.28. The Morgan fingerprint density at radius 2 is 1.76 bits per heavy atom. The Bertz CT molecular complexity index is 451. The van der Waals surface area contributed by atoms with Crippen molar-refractivity contribution in [2.45, 2.75) is 25.4 Å². The Balaban J connectivity index is 1.77. The number of hydrogen-bond donors (Lipinski definition) is 1. The van der Waals surface area contributed by atoms with Crippen molar-refractivity contribution < 1.29 is 9.47 Å². The minimum Gasteiger partial charge on any atom is -0.490 e. The summed E-state index contributed by atoms with van der Waals surface area (Å²) in [7, 11) is 0. The van der Waals surface area contributed by atoms with Gasteiger partial charge in [0.1, 0.15) is 11.9 Å². The molecular weight excluding hydrogens is 309 g/mol. The lowest BCUT2D eigenvalue weighted by atomic mass is 9.85. The molecule has 2 saturated heterocycles. The van der Waals surface area contributed by atoms with Gasteiger partial charge < -0.3 is 14.8 Å². The molecule has 0 aromatic heterocycles. The summed E-state index contributed by atoms with van der Waals surface area (Å²) in [5.74, 6) is 1.86. The van der Waals surface area contributed by atoms with E-state index in [1.54, 1.807) is 6.07 Å². The molecule has 3 nitrogen and oxygen atoms in total. The van der Waals surface area contributed by atoms with Gasteiger partial charge in [-0.05, 0) is 44.0 Å². The van der Waals surface area contributed by atoms with Crippen molar-refractivity contribution in [3.63, 3.8) is 0 Å². The highest BCUT2D eigenvalue weighted by Crippen LogP contribution is 2.33. The van der Waals surface area contributed by atoms with Crippen LogP contribution in [0.4, 0.5) is 0 Å². The van der Waals surface area contributed by atoms with Crippen LogP contribution in [0.1, 0.15) is 19.3 Å². The van der Waals surface area contributed by atoms with Gasteiger partial charge >= 0.3 is 0 Å². The van der Waals surface area contributed by atoms with Crippen molar-refractivity contribution in [3.05, 3.63) is 28.2 Å². The molecule has 1 N–H and O–H groups in total. The van der Waals surface area contributed by atoms with Crippen molar-refractivity contribution in [1.82, 2.24) is 5.32 Å². The average molecular weight is 330 g/mol. The van der Waals surface area contributed by atoms with Gasteiger partial charge in [-0.2, -0.15) is 0 Å². The Morgan fingerprint density at radius 1 is 1.05 bits per heavy atom. The number of halogens is 2. The lowest BCUT2D eigenvalue weighted by Crippen LogP contribution is -2.39. The predicted octanol–water partition coefficient (Wildman–Crippen LogP) is 3.78. The Morgan fingerprint density at radius 3 is 2.38 bits per heavy atom. The molecule has 2 aliphatic heterocycles. The maximum Gasteiger partial charge on any atom is 0.122 e. The second-order valence-corrected chi connectivity index (χ2v) is 6.76. The molecule has 3 rings (SSSR count). The third kappa shape index (κ3) is 4.04. The molecule has 0 spiro atoms. The van der Waals surface area contributed by atoms with Gasteiger partial charge in [0, 0.05) is 41.6 Å². The maximum absolute atomic E-state index is 6.34. The fraction of sp³-hybridized carbons (Fsp3) is 0.625. The van der Waals surface area contributed by atoms with E-state index >= 15 is 0 Å². The molecule has 5 heteroatoms. The normalized spacial score (nSPS) is 25.0. The van der Waals surface area contributed by atoms with Gasteiger partial charge in [-0.25, -0.2) is 0 Å². The number of nitrogens with one attached hydrogen (secondary N) is 1. The molecule has 0 aliphatic carbocycles. The number of benzene rings is 1. The quantitative estimate of drug-likeness (QED) is 0.911. The molecular formula is C16H21Cl2NO2. The molecule has 0 saturated carbocycles. The SMILES string of the molecule is Clc1cc(Cl)cc(O[C@@H](C2CCOCC2)[C@@H]2CCNC2)c1. The summed E-state index contributed by atoms with van der Waals surface area (Å²) >= 11 is 12.2. The fourth-order valence-electron chi connectivity index (χ4n) is 3.33. The monoisotopic (exact) mass is 329 g/mol. The molecule has 2 fully saturated rings. The highest BCUT2D eigenvalue weighted by atomic mass is 35.5. The Labute approximate surface area is 135 Å². The summed E-state index contributed by atoms with van der Waals surface area (Å²) < 4.78 is 11.8. The minimum atomic E-state index is 0.207. The van der Waals surface area contributed by atoms with Crippen LogP contribution in [-0.2, 0) is 4.74 Å². The summed E-state index contributed by atoms with van der Waals surface area (Å²) in [6, 6.07) is 5.43. The van der Waals surface area contributed by atoms with Gasteiger partial charge in [0.25, 0.3) is 0 Å². The van der Waals surface area contributed by atoms with Crippen LogP contribution in [-0.4, -0.2) is 32.4 Å². The first-order valence-corrected chi connectivity index (χ1v) is 8.39. The third-order valence-corrected chi connectivity index (χ3v) is 4.84. The van der Waals surface area contributed by atoms with Gasteiger partial charge in [-0.1, -0.05) is 23.2 Å². The first-order valence-electron chi connectivity index (χ1n) is 7.63. The molecule has 0 unspecified atom stereocenters. The zero-order valence-corrected chi connectivity index (χ0v) is 13.5. The second kappa shape index (κ2) is 7.19. The van der Waals surface area contributed by atoms with Crippen molar-refractivity contribution in [2.24, 2.45) is 11.8 Å². The van der Waals surface area contributed by atoms with Crippen LogP contribution in [0.25, 0.3) is 0 Å². The number of hydrogen-bond acceptors (Lipinski definition) is 3. The van der Waals surface area contributed by atoms with E-state index < -0.39 is 0 Å². The maximum atomic E-state index is 6.34. The van der Waals surface area contributed by atoms with E-state index in [2.05, 4.69) is 5.32 Å². The lowest BCUT2D eigenvalue weighted by Gasteiger charge is -2.34. The van der Waals surface area contributed by atoms with E-state index in [1.165, 1.54) is 0 Å². The highest BCUT2D eigenvalue weighted by molar-refractivity contribution is 6.34. The topological polar surface area (TPSA) is 30.5 Å². The zero-order valence-electron chi connectivity index (χ0n) is 12.0. The van der Waals surface area contributed by atoms with E-state index in [0.717, 1.165) is 51.3 Å². The predicted molar refractivity (Wildman–Crippen MR) is 85.4 cm³/mol. The van der Waals surface area contributed by atoms with E-state index in [0.29, 0.717) is 21.9 Å². The van der Waals surface area contributed by atoms with E-state index in [9.17, 15) is 0 Å². The Hall–Kier alpha value is -0.480. The van der Waals surface area contributed by atoms with Crippen molar-refractivity contribution >= 4 is 23.2 Å². The third-order valence-electron chi connectivity index (χ3n) is 4.40. The van der Waals surface area contributed by atoms with E-state index in [4.69, 9.17) is 32.7 Å². The molecule has 21 heavy (non-hydrogen) atoms. The molecule has 1 aromatic carbocycles. The van der Waals surface area contributed by atoms with Gasteiger partial charge in [0.15, 0.2) is 0 Å². The summed E-state index contributed by atoms with van der Waals surface area (Å²) in [4.78, 5) is 0. The van der Waals surface area contributed by atoms with Crippen molar-refractivity contribution in [2.75, 3.05) is 26.3 Å². The van der Waals surface area contributed by atoms with Crippen LogP contribution in [0.15, 0.2) is 18.2 Å². The zero-order chi connectivity index (χ0) is 14.7. The van der Waals surface area contributed by atoms with Crippen LogP contribution in [0, 0.1) is 11.8 Å². The van der Waals surface area contributed by atoms with Crippen LogP contribution in [0.5, 0.6) is 5.75 Å². The minimum absolute atomic E-state index is 0.207. The van der Waals surface area contributed by atoms with E-state index in [-0.39, 0.29) is 6.10 Å². The standard InChI is InChI=1S/C16H21Cl2NO2/c17-13-7-14(18)9-15(8-13)21-16(12-1-4-19-10-12)11-2-5-20-6-3-11/h7-9,11-12,16,19H,1-6,10H2/t12-,16+/m1/s1. The average Bonchev–Trinajstić information content (AvgIpc) is 2.98. The lowest BCUT2D eigenvalue weighted by molar-refractivity contribution is -0.00133. The molecule has 2 aliphatic rings. The van der Waals surface area contributed by atoms with Crippen molar-refractivity contribution in [1.29, 1.82) is 0 Å². The molecule has 0 amide bonds. The molecule has 2 atom stereocenters. The van der Waals surface area contributed by atoms with Crippen molar-refractivity contribution in [3.8, 4) is 5.75 Å². The van der Waals surface area contributed by atoms with Crippen LogP contribution < -0.4 is 10.1 Å². The molecule has 1 aromatic rings. The van der Waals surface area contributed by atoms with Crippen LogP contribution in [0.2, 0.25) is 10.0 Å². The first kappa shape index (κ1) is 15.4. The number of rotatable bonds is 4. The van der Waals surface area contributed by atoms with Crippen LogP contribution >= 0.6 is 23.2 Å². The van der Waals surface area contributed by atoms with Gasteiger partial charge in [0.05, 0.1) is 0 Å². The second-order valence-electron chi connectivity index (χ2n) is 5.89. The summed E-state index contributed by atoms with van der Waals surface area (Å²) in [5, 5.41) is 4.67.